The largest absolute Gasteiger partial charge is 0.465 e. The second kappa shape index (κ2) is 4.17. The molecule has 0 atom stereocenters. The maximum Gasteiger partial charge on any atom is 0.407 e. The van der Waals surface area contributed by atoms with Gasteiger partial charge in [-0.25, -0.2) is 4.79 Å². The van der Waals surface area contributed by atoms with Crippen LogP contribution in [0.25, 0.3) is 0 Å². The van der Waals surface area contributed by atoms with Crippen LogP contribution in [0.4, 0.5) is 4.79 Å². The molecule has 1 fully saturated rings. The third kappa shape index (κ3) is 3.54. The topological polar surface area (TPSA) is 60.8 Å². The van der Waals surface area contributed by atoms with E-state index in [-0.39, 0.29) is 0 Å². The van der Waals surface area contributed by atoms with Crippen LogP contribution in [0.5, 0.6) is 0 Å². The lowest BCUT2D eigenvalue weighted by molar-refractivity contribution is 0.0384. The molecule has 0 saturated carbocycles. The molecular weight excluding hydrogens is 182 g/mol. The molecule has 2 N–H and O–H groups in total. The molecule has 82 valence electrons. The summed E-state index contributed by atoms with van der Waals surface area (Å²) in [4.78, 5) is 12.1. The fourth-order valence-electron chi connectivity index (χ4n) is 2.03. The number of nitrogens with zero attached hydrogens (tertiary/aromatic N) is 1. The highest BCUT2D eigenvalue weighted by atomic mass is 16.4. The molecule has 0 aromatic carbocycles. The molecule has 1 heterocycles. The number of aliphatic hydroxyl groups is 1. The van der Waals surface area contributed by atoms with Crippen LogP contribution in [0.2, 0.25) is 0 Å². The van der Waals surface area contributed by atoms with Gasteiger partial charge >= 0.3 is 6.09 Å². The van der Waals surface area contributed by atoms with Crippen LogP contribution < -0.4 is 0 Å². The summed E-state index contributed by atoms with van der Waals surface area (Å²) in [5.74, 6) is 0.464. The van der Waals surface area contributed by atoms with E-state index >= 15 is 0 Å². The van der Waals surface area contributed by atoms with Crippen molar-refractivity contribution in [1.29, 1.82) is 0 Å². The lowest BCUT2D eigenvalue weighted by atomic mass is 9.86. The molecule has 0 spiro atoms. The van der Waals surface area contributed by atoms with Gasteiger partial charge in [-0.15, -0.1) is 0 Å². The van der Waals surface area contributed by atoms with Gasteiger partial charge in [0, 0.05) is 13.1 Å². The van der Waals surface area contributed by atoms with E-state index in [0.717, 1.165) is 19.3 Å². The summed E-state index contributed by atoms with van der Waals surface area (Å²) in [5, 5.41) is 18.3. The van der Waals surface area contributed by atoms with Crippen LogP contribution in [-0.4, -0.2) is 39.9 Å². The molecule has 0 aromatic rings. The first-order valence-electron chi connectivity index (χ1n) is 5.09. The number of likely N-dealkylation sites (tertiary alicyclic amines) is 1. The molecule has 4 heteroatoms. The Morgan fingerprint density at radius 1 is 1.43 bits per heavy atom. The number of amides is 1. The molecule has 1 aliphatic rings. The number of carbonyl (C=O) groups is 1. The van der Waals surface area contributed by atoms with E-state index in [1.165, 1.54) is 4.90 Å². The Hall–Kier alpha value is -0.770. The Morgan fingerprint density at radius 3 is 2.29 bits per heavy atom. The predicted molar refractivity (Wildman–Crippen MR) is 53.2 cm³/mol. The van der Waals surface area contributed by atoms with Crippen LogP contribution in [0, 0.1) is 5.92 Å². The Morgan fingerprint density at radius 2 is 1.93 bits per heavy atom. The van der Waals surface area contributed by atoms with E-state index in [4.69, 9.17) is 5.11 Å². The van der Waals surface area contributed by atoms with Crippen LogP contribution in [-0.2, 0) is 0 Å². The summed E-state index contributed by atoms with van der Waals surface area (Å²) in [6.45, 7) is 4.82. The number of hydrogen-bond acceptors (Lipinski definition) is 2. The van der Waals surface area contributed by atoms with E-state index in [0.29, 0.717) is 19.0 Å². The van der Waals surface area contributed by atoms with E-state index < -0.39 is 11.7 Å². The van der Waals surface area contributed by atoms with Gasteiger partial charge in [0.1, 0.15) is 0 Å². The first-order chi connectivity index (χ1) is 6.38. The zero-order valence-electron chi connectivity index (χ0n) is 8.86. The second-order valence-electron chi connectivity index (χ2n) is 4.73. The summed E-state index contributed by atoms with van der Waals surface area (Å²) in [6.07, 6.45) is 1.68. The first-order valence-corrected chi connectivity index (χ1v) is 5.09. The molecule has 14 heavy (non-hydrogen) atoms. The third-order valence-corrected chi connectivity index (χ3v) is 2.67. The molecule has 4 nitrogen and oxygen atoms in total. The van der Waals surface area contributed by atoms with Gasteiger partial charge in [-0.3, -0.25) is 0 Å². The highest BCUT2D eigenvalue weighted by Crippen LogP contribution is 2.25. The van der Waals surface area contributed by atoms with E-state index in [1.54, 1.807) is 13.8 Å². The Kier molecular flexibility index (Phi) is 3.37. The second-order valence-corrected chi connectivity index (χ2v) is 4.73. The standard InChI is InChI=1S/C10H19NO3/c1-10(2,14)7-8-3-5-11(6-4-8)9(12)13/h8,14H,3-7H2,1-2H3,(H,12,13). The SMILES string of the molecule is CC(C)(O)CC1CCN(C(=O)O)CC1. The number of carboxylic acid groups (broad SMARTS) is 1. The van der Waals surface area contributed by atoms with Crippen LogP contribution in [0.3, 0.4) is 0 Å². The van der Waals surface area contributed by atoms with Gasteiger partial charge in [0.05, 0.1) is 5.60 Å². The predicted octanol–water partition coefficient (Wildman–Crippen LogP) is 1.54. The molecule has 1 aliphatic heterocycles. The molecule has 0 unspecified atom stereocenters. The van der Waals surface area contributed by atoms with Crippen molar-refractivity contribution in [3.8, 4) is 0 Å². The summed E-state index contributed by atoms with van der Waals surface area (Å²) < 4.78 is 0. The maximum atomic E-state index is 10.6. The smallest absolute Gasteiger partial charge is 0.407 e. The van der Waals surface area contributed by atoms with E-state index in [1.807, 2.05) is 0 Å². The van der Waals surface area contributed by atoms with Crippen molar-refractivity contribution in [2.24, 2.45) is 5.92 Å². The molecule has 1 saturated heterocycles. The zero-order chi connectivity index (χ0) is 10.8. The van der Waals surface area contributed by atoms with Crippen molar-refractivity contribution in [2.75, 3.05) is 13.1 Å². The molecular formula is C10H19NO3. The van der Waals surface area contributed by atoms with Crippen LogP contribution >= 0.6 is 0 Å². The number of piperidine rings is 1. The van der Waals surface area contributed by atoms with Gasteiger partial charge in [-0.05, 0) is 39.0 Å². The summed E-state index contributed by atoms with van der Waals surface area (Å²) in [6, 6.07) is 0. The lowest BCUT2D eigenvalue weighted by Gasteiger charge is -2.32. The van der Waals surface area contributed by atoms with Gasteiger partial charge in [0.25, 0.3) is 0 Å². The molecule has 0 aromatic heterocycles. The quantitative estimate of drug-likeness (QED) is 0.712. The fourth-order valence-corrected chi connectivity index (χ4v) is 2.03. The van der Waals surface area contributed by atoms with E-state index in [2.05, 4.69) is 0 Å². The molecule has 1 amide bonds. The van der Waals surface area contributed by atoms with Crippen molar-refractivity contribution in [1.82, 2.24) is 4.90 Å². The van der Waals surface area contributed by atoms with Gasteiger partial charge in [0.2, 0.25) is 0 Å². The summed E-state index contributed by atoms with van der Waals surface area (Å²) in [7, 11) is 0. The number of rotatable bonds is 2. The number of hydrogen-bond donors (Lipinski definition) is 2. The normalized spacial score (nSPS) is 19.8. The molecule has 0 radical (unpaired) electrons. The van der Waals surface area contributed by atoms with Crippen molar-refractivity contribution in [3.63, 3.8) is 0 Å². The summed E-state index contributed by atoms with van der Waals surface area (Å²) in [5.41, 5.74) is -0.629. The van der Waals surface area contributed by atoms with Gasteiger partial charge in [-0.1, -0.05) is 0 Å². The van der Waals surface area contributed by atoms with Crippen molar-refractivity contribution >= 4 is 6.09 Å². The van der Waals surface area contributed by atoms with Gasteiger partial charge in [-0.2, -0.15) is 0 Å². The Labute approximate surface area is 84.5 Å². The minimum absolute atomic E-state index is 0.464. The average molecular weight is 201 g/mol. The zero-order valence-corrected chi connectivity index (χ0v) is 8.86. The highest BCUT2D eigenvalue weighted by Gasteiger charge is 2.26. The summed E-state index contributed by atoms with van der Waals surface area (Å²) >= 11 is 0. The highest BCUT2D eigenvalue weighted by molar-refractivity contribution is 5.64. The Balaban J connectivity index is 2.33. The van der Waals surface area contributed by atoms with Crippen LogP contribution in [0.15, 0.2) is 0 Å². The molecule has 1 rings (SSSR count). The average Bonchev–Trinajstić information content (AvgIpc) is 2.02. The third-order valence-electron chi connectivity index (χ3n) is 2.67. The van der Waals surface area contributed by atoms with Crippen LogP contribution in [0.1, 0.15) is 33.1 Å². The monoisotopic (exact) mass is 201 g/mol. The Bertz CT molecular complexity index is 202. The van der Waals surface area contributed by atoms with Crippen molar-refractivity contribution < 1.29 is 15.0 Å². The lowest BCUT2D eigenvalue weighted by Crippen LogP contribution is -2.39. The van der Waals surface area contributed by atoms with Crippen molar-refractivity contribution in [2.45, 2.75) is 38.7 Å². The van der Waals surface area contributed by atoms with Gasteiger partial charge < -0.3 is 15.1 Å². The molecule has 0 aliphatic carbocycles. The molecule has 0 bridgehead atoms. The fraction of sp³-hybridized carbons (Fsp3) is 0.900. The van der Waals surface area contributed by atoms with Crippen molar-refractivity contribution in [3.05, 3.63) is 0 Å². The minimum atomic E-state index is -0.827. The van der Waals surface area contributed by atoms with Gasteiger partial charge in [0.15, 0.2) is 0 Å². The first kappa shape index (κ1) is 11.3. The minimum Gasteiger partial charge on any atom is -0.465 e. The maximum absolute atomic E-state index is 10.6. The van der Waals surface area contributed by atoms with E-state index in [9.17, 15) is 9.90 Å².